The van der Waals surface area contributed by atoms with Crippen LogP contribution >= 0.6 is 0 Å². The van der Waals surface area contributed by atoms with Crippen molar-refractivity contribution < 1.29 is 23.4 Å². The number of benzene rings is 1. The second kappa shape index (κ2) is 3.83. The van der Waals surface area contributed by atoms with Crippen LogP contribution in [0.1, 0.15) is 16.7 Å². The summed E-state index contributed by atoms with van der Waals surface area (Å²) in [7, 11) is 0. The van der Waals surface area contributed by atoms with Crippen molar-refractivity contribution in [3.05, 3.63) is 34.9 Å². The number of hydrogen-bond acceptors (Lipinski definition) is 2. The normalized spacial score (nSPS) is 15.6. The molecule has 0 radical (unpaired) electrons. The first-order valence-corrected chi connectivity index (χ1v) is 4.83. The lowest BCUT2D eigenvalue weighted by Gasteiger charge is -2.22. The Labute approximate surface area is 90.7 Å². The van der Waals surface area contributed by atoms with E-state index in [4.69, 9.17) is 9.84 Å². The molecule has 1 N–H and O–H groups in total. The molecule has 0 atom stereocenters. The molecule has 0 aliphatic carbocycles. The van der Waals surface area contributed by atoms with Gasteiger partial charge in [-0.1, -0.05) is 18.2 Å². The third kappa shape index (κ3) is 1.67. The van der Waals surface area contributed by atoms with Gasteiger partial charge in [-0.15, -0.1) is 0 Å². The molecule has 0 saturated carbocycles. The van der Waals surface area contributed by atoms with Crippen LogP contribution in [0.2, 0.25) is 0 Å². The maximum Gasteiger partial charge on any atom is 0.379 e. The van der Waals surface area contributed by atoms with E-state index in [-0.39, 0.29) is 6.61 Å². The third-order valence-corrected chi connectivity index (χ3v) is 2.64. The number of carboxylic acids is 1. The van der Waals surface area contributed by atoms with Gasteiger partial charge in [0, 0.05) is 5.56 Å². The van der Waals surface area contributed by atoms with E-state index in [1.165, 1.54) is 6.07 Å². The fourth-order valence-corrected chi connectivity index (χ4v) is 1.81. The molecule has 3 nitrogen and oxygen atoms in total. The summed E-state index contributed by atoms with van der Waals surface area (Å²) in [4.78, 5) is 10.5. The Kier molecular flexibility index (Phi) is 2.63. The zero-order chi connectivity index (χ0) is 11.8. The molecule has 0 saturated heterocycles. The van der Waals surface area contributed by atoms with Crippen molar-refractivity contribution in [2.24, 2.45) is 0 Å². The SMILES string of the molecule is O=C(O)C(F)(F)c1cccc2c1COCC2. The lowest BCUT2D eigenvalue weighted by atomic mass is 9.94. The molecule has 1 aromatic rings. The summed E-state index contributed by atoms with van der Waals surface area (Å²) in [6.45, 7) is 0.531. The van der Waals surface area contributed by atoms with E-state index in [0.717, 1.165) is 11.6 Å². The highest BCUT2D eigenvalue weighted by atomic mass is 19.3. The van der Waals surface area contributed by atoms with Gasteiger partial charge in [0.2, 0.25) is 0 Å². The summed E-state index contributed by atoms with van der Waals surface area (Å²) in [5.41, 5.74) is 0.586. The first-order chi connectivity index (χ1) is 7.53. The maximum atomic E-state index is 13.4. The molecule has 1 aliphatic heterocycles. The van der Waals surface area contributed by atoms with Crippen LogP contribution in [0.25, 0.3) is 0 Å². The van der Waals surface area contributed by atoms with Crippen LogP contribution in [0.5, 0.6) is 0 Å². The fourth-order valence-electron chi connectivity index (χ4n) is 1.81. The van der Waals surface area contributed by atoms with Crippen molar-refractivity contribution in [2.45, 2.75) is 19.0 Å². The number of rotatable bonds is 2. The van der Waals surface area contributed by atoms with Gasteiger partial charge in [0.1, 0.15) is 0 Å². The first-order valence-electron chi connectivity index (χ1n) is 4.83. The van der Waals surface area contributed by atoms with E-state index in [1.807, 2.05) is 0 Å². The van der Waals surface area contributed by atoms with Crippen LogP contribution in [-0.4, -0.2) is 17.7 Å². The van der Waals surface area contributed by atoms with Gasteiger partial charge in [0.05, 0.1) is 13.2 Å². The van der Waals surface area contributed by atoms with Crippen molar-refractivity contribution in [1.82, 2.24) is 0 Å². The number of halogens is 2. The molecule has 1 aromatic carbocycles. The van der Waals surface area contributed by atoms with Gasteiger partial charge in [-0.3, -0.25) is 0 Å². The lowest BCUT2D eigenvalue weighted by Crippen LogP contribution is -2.28. The number of hydrogen-bond donors (Lipinski definition) is 1. The Hall–Kier alpha value is -1.49. The highest BCUT2D eigenvalue weighted by Gasteiger charge is 2.43. The topological polar surface area (TPSA) is 46.5 Å². The monoisotopic (exact) mass is 228 g/mol. The van der Waals surface area contributed by atoms with Crippen LogP contribution in [0.15, 0.2) is 18.2 Å². The van der Waals surface area contributed by atoms with Crippen molar-refractivity contribution in [1.29, 1.82) is 0 Å². The minimum absolute atomic E-state index is 0.0500. The van der Waals surface area contributed by atoms with Gasteiger partial charge in [-0.05, 0) is 17.5 Å². The predicted octanol–water partition coefficient (Wildman–Crippen LogP) is 1.94. The van der Waals surface area contributed by atoms with Crippen molar-refractivity contribution >= 4 is 5.97 Å². The van der Waals surface area contributed by atoms with E-state index in [9.17, 15) is 13.6 Å². The molecule has 0 bridgehead atoms. The number of carbonyl (C=O) groups is 1. The molecule has 0 fully saturated rings. The van der Waals surface area contributed by atoms with E-state index in [0.29, 0.717) is 18.6 Å². The van der Waals surface area contributed by atoms with E-state index in [2.05, 4.69) is 0 Å². The highest BCUT2D eigenvalue weighted by molar-refractivity contribution is 5.78. The molecule has 0 unspecified atom stereocenters. The van der Waals surface area contributed by atoms with Crippen molar-refractivity contribution in [2.75, 3.05) is 6.61 Å². The van der Waals surface area contributed by atoms with Crippen LogP contribution in [0, 0.1) is 0 Å². The van der Waals surface area contributed by atoms with Crippen LogP contribution in [0.3, 0.4) is 0 Å². The average Bonchev–Trinajstić information content (AvgIpc) is 2.28. The molecular weight excluding hydrogens is 218 g/mol. The van der Waals surface area contributed by atoms with Gasteiger partial charge in [-0.25, -0.2) is 4.79 Å². The molecular formula is C11H10F2O3. The number of carboxylic acid groups (broad SMARTS) is 1. The Bertz CT molecular complexity index is 429. The van der Waals surface area contributed by atoms with Gasteiger partial charge < -0.3 is 9.84 Å². The molecule has 5 heteroatoms. The number of aliphatic carboxylic acids is 1. The van der Waals surface area contributed by atoms with E-state index in [1.54, 1.807) is 6.07 Å². The number of ether oxygens (including phenoxy) is 1. The van der Waals surface area contributed by atoms with E-state index >= 15 is 0 Å². The molecule has 2 rings (SSSR count). The quantitative estimate of drug-likeness (QED) is 0.841. The largest absolute Gasteiger partial charge is 0.477 e. The summed E-state index contributed by atoms with van der Waals surface area (Å²) in [5, 5.41) is 8.51. The molecule has 1 heterocycles. The minimum atomic E-state index is -3.86. The number of fused-ring (bicyclic) bond motifs is 1. The maximum absolute atomic E-state index is 13.4. The second-order valence-corrected chi connectivity index (χ2v) is 3.63. The molecule has 0 amide bonds. The van der Waals surface area contributed by atoms with Gasteiger partial charge >= 0.3 is 11.9 Å². The summed E-state index contributed by atoms with van der Waals surface area (Å²) < 4.78 is 31.9. The lowest BCUT2D eigenvalue weighted by molar-refractivity contribution is -0.166. The Balaban J connectivity index is 2.53. The number of alkyl halides is 2. The summed E-state index contributed by atoms with van der Waals surface area (Å²) in [5.74, 6) is -5.99. The Morgan fingerprint density at radius 3 is 2.88 bits per heavy atom. The minimum Gasteiger partial charge on any atom is -0.477 e. The first kappa shape index (κ1) is 11.0. The van der Waals surface area contributed by atoms with Gasteiger partial charge in [-0.2, -0.15) is 8.78 Å². The van der Waals surface area contributed by atoms with Crippen molar-refractivity contribution in [3.8, 4) is 0 Å². The van der Waals surface area contributed by atoms with Gasteiger partial charge in [0.15, 0.2) is 0 Å². The fraction of sp³-hybridized carbons (Fsp3) is 0.364. The molecule has 86 valence electrons. The summed E-state index contributed by atoms with van der Waals surface area (Å²) in [6, 6.07) is 4.32. The van der Waals surface area contributed by atoms with Gasteiger partial charge in [0.25, 0.3) is 0 Å². The molecule has 0 aromatic heterocycles. The van der Waals surface area contributed by atoms with E-state index < -0.39 is 17.5 Å². The molecule has 1 aliphatic rings. The highest BCUT2D eigenvalue weighted by Crippen LogP contribution is 2.34. The van der Waals surface area contributed by atoms with Crippen LogP contribution in [0.4, 0.5) is 8.78 Å². The Morgan fingerprint density at radius 2 is 2.19 bits per heavy atom. The Morgan fingerprint density at radius 1 is 1.44 bits per heavy atom. The molecule has 16 heavy (non-hydrogen) atoms. The zero-order valence-electron chi connectivity index (χ0n) is 8.37. The van der Waals surface area contributed by atoms with Crippen LogP contribution in [-0.2, 0) is 28.5 Å². The third-order valence-electron chi connectivity index (χ3n) is 2.64. The smallest absolute Gasteiger partial charge is 0.379 e. The zero-order valence-corrected chi connectivity index (χ0v) is 8.37. The standard InChI is InChI=1S/C11H10F2O3/c12-11(13,10(14)15)9-3-1-2-7-4-5-16-6-8(7)9/h1-3H,4-6H2,(H,14,15). The van der Waals surface area contributed by atoms with Crippen LogP contribution < -0.4 is 0 Å². The molecule has 0 spiro atoms. The second-order valence-electron chi connectivity index (χ2n) is 3.63. The predicted molar refractivity (Wildman–Crippen MR) is 51.3 cm³/mol. The van der Waals surface area contributed by atoms with Crippen molar-refractivity contribution in [3.63, 3.8) is 0 Å². The average molecular weight is 228 g/mol. The summed E-state index contributed by atoms with van der Waals surface area (Å²) in [6.07, 6.45) is 0.541. The summed E-state index contributed by atoms with van der Waals surface area (Å²) >= 11 is 0.